The van der Waals surface area contributed by atoms with Gasteiger partial charge in [0.2, 0.25) is 0 Å². The predicted molar refractivity (Wildman–Crippen MR) is 71.0 cm³/mol. The monoisotopic (exact) mass is 270 g/mol. The van der Waals surface area contributed by atoms with E-state index in [1.165, 1.54) is 4.88 Å². The largest absolute Gasteiger partial charge is 0.275 e. The zero-order valence-electron chi connectivity index (χ0n) is 9.77. The maximum atomic E-state index is 5.92. The Morgan fingerprint density at radius 1 is 1.59 bits per heavy atom. The average molecular weight is 271 g/mol. The van der Waals surface area contributed by atoms with Crippen LogP contribution in [0.15, 0.2) is 18.3 Å². The van der Waals surface area contributed by atoms with Gasteiger partial charge in [-0.2, -0.15) is 5.10 Å². The van der Waals surface area contributed by atoms with Crippen LogP contribution in [0.1, 0.15) is 22.2 Å². The van der Waals surface area contributed by atoms with Gasteiger partial charge in [-0.15, -0.1) is 11.3 Å². The first-order valence-corrected chi connectivity index (χ1v) is 6.50. The molecular formula is C11H15ClN4S. The molecule has 0 bridgehead atoms. The Morgan fingerprint density at radius 2 is 2.35 bits per heavy atom. The fraction of sp³-hybridized carbons (Fsp3) is 0.364. The Morgan fingerprint density at radius 3 is 2.82 bits per heavy atom. The van der Waals surface area contributed by atoms with Crippen LogP contribution in [0, 0.1) is 6.92 Å². The Bertz CT molecular complexity index is 505. The number of nitrogens with zero attached hydrogens (tertiary/aromatic N) is 2. The van der Waals surface area contributed by atoms with Crippen molar-refractivity contribution in [1.82, 2.24) is 15.2 Å². The highest BCUT2D eigenvalue weighted by Crippen LogP contribution is 2.27. The Labute approximate surface area is 109 Å². The molecule has 0 radical (unpaired) electrons. The lowest BCUT2D eigenvalue weighted by Crippen LogP contribution is -2.29. The van der Waals surface area contributed by atoms with Crippen molar-refractivity contribution in [2.45, 2.75) is 19.4 Å². The van der Waals surface area contributed by atoms with Crippen molar-refractivity contribution in [3.05, 3.63) is 38.8 Å². The topological polar surface area (TPSA) is 55.9 Å². The molecule has 17 heavy (non-hydrogen) atoms. The highest BCUT2D eigenvalue weighted by Gasteiger charge is 2.16. The van der Waals surface area contributed by atoms with Crippen molar-refractivity contribution in [2.24, 2.45) is 12.9 Å². The van der Waals surface area contributed by atoms with E-state index in [0.29, 0.717) is 0 Å². The van der Waals surface area contributed by atoms with Crippen LogP contribution in [0.2, 0.25) is 4.34 Å². The molecule has 92 valence electrons. The number of rotatable bonds is 4. The number of aryl methyl sites for hydroxylation is 2. The van der Waals surface area contributed by atoms with Gasteiger partial charge in [0.25, 0.3) is 0 Å². The van der Waals surface area contributed by atoms with E-state index in [4.69, 9.17) is 17.4 Å². The van der Waals surface area contributed by atoms with Crippen LogP contribution < -0.4 is 11.3 Å². The normalized spacial score (nSPS) is 12.9. The van der Waals surface area contributed by atoms with Gasteiger partial charge in [-0.25, -0.2) is 0 Å². The van der Waals surface area contributed by atoms with Gasteiger partial charge in [-0.3, -0.25) is 16.0 Å². The molecule has 2 aromatic heterocycles. The number of halogens is 1. The van der Waals surface area contributed by atoms with E-state index in [-0.39, 0.29) is 6.04 Å². The van der Waals surface area contributed by atoms with E-state index in [9.17, 15) is 0 Å². The second-order valence-corrected chi connectivity index (χ2v) is 5.77. The SMILES string of the molecule is Cc1nn(C)cc1C(Cc1ccc(Cl)s1)NN. The minimum Gasteiger partial charge on any atom is -0.275 e. The second kappa shape index (κ2) is 5.18. The average Bonchev–Trinajstić information content (AvgIpc) is 2.82. The highest BCUT2D eigenvalue weighted by atomic mass is 35.5. The van der Waals surface area contributed by atoms with Gasteiger partial charge in [-0.1, -0.05) is 11.6 Å². The zero-order chi connectivity index (χ0) is 12.4. The molecule has 2 aromatic rings. The molecule has 2 rings (SSSR count). The van der Waals surface area contributed by atoms with Gasteiger partial charge in [0.1, 0.15) is 0 Å². The second-order valence-electron chi connectivity index (χ2n) is 3.97. The molecule has 0 amide bonds. The molecule has 0 aromatic carbocycles. The molecule has 4 nitrogen and oxygen atoms in total. The van der Waals surface area contributed by atoms with Crippen LogP contribution >= 0.6 is 22.9 Å². The third kappa shape index (κ3) is 2.87. The summed E-state index contributed by atoms with van der Waals surface area (Å²) in [4.78, 5) is 1.21. The van der Waals surface area contributed by atoms with Crippen LogP contribution in [-0.2, 0) is 13.5 Å². The summed E-state index contributed by atoms with van der Waals surface area (Å²) in [5.41, 5.74) is 4.96. The van der Waals surface area contributed by atoms with Crippen LogP contribution in [0.3, 0.4) is 0 Å². The molecule has 0 saturated heterocycles. The van der Waals surface area contributed by atoms with Crippen molar-refractivity contribution in [3.63, 3.8) is 0 Å². The number of aromatic nitrogens is 2. The molecule has 1 unspecified atom stereocenters. The maximum absolute atomic E-state index is 5.92. The number of thiophene rings is 1. The molecule has 0 aliphatic carbocycles. The molecule has 0 saturated carbocycles. The van der Waals surface area contributed by atoms with Crippen molar-refractivity contribution >= 4 is 22.9 Å². The summed E-state index contributed by atoms with van der Waals surface area (Å²) in [6.45, 7) is 1.99. The van der Waals surface area contributed by atoms with Crippen molar-refractivity contribution in [1.29, 1.82) is 0 Å². The van der Waals surface area contributed by atoms with Crippen LogP contribution in [0.25, 0.3) is 0 Å². The third-order valence-electron chi connectivity index (χ3n) is 2.66. The molecule has 0 spiro atoms. The number of hydrazine groups is 1. The molecule has 6 heteroatoms. The van der Waals surface area contributed by atoms with E-state index >= 15 is 0 Å². The summed E-state index contributed by atoms with van der Waals surface area (Å²) in [7, 11) is 1.91. The van der Waals surface area contributed by atoms with Gasteiger partial charge >= 0.3 is 0 Å². The molecular weight excluding hydrogens is 256 g/mol. The fourth-order valence-corrected chi connectivity index (χ4v) is 3.01. The van der Waals surface area contributed by atoms with Crippen LogP contribution in [-0.4, -0.2) is 9.78 Å². The van der Waals surface area contributed by atoms with Gasteiger partial charge in [0.15, 0.2) is 0 Å². The van der Waals surface area contributed by atoms with E-state index < -0.39 is 0 Å². The third-order valence-corrected chi connectivity index (χ3v) is 3.92. The van der Waals surface area contributed by atoms with Crippen molar-refractivity contribution in [2.75, 3.05) is 0 Å². The maximum Gasteiger partial charge on any atom is 0.0931 e. The number of hydrogen-bond donors (Lipinski definition) is 2. The Kier molecular flexibility index (Phi) is 3.83. The lowest BCUT2D eigenvalue weighted by Gasteiger charge is -2.13. The van der Waals surface area contributed by atoms with Crippen molar-refractivity contribution < 1.29 is 0 Å². The predicted octanol–water partition coefficient (Wildman–Crippen LogP) is 2.19. The van der Waals surface area contributed by atoms with Gasteiger partial charge < -0.3 is 0 Å². The number of hydrogen-bond acceptors (Lipinski definition) is 4. The molecule has 0 fully saturated rings. The summed E-state index contributed by atoms with van der Waals surface area (Å²) in [6, 6.07) is 4.01. The molecule has 2 heterocycles. The highest BCUT2D eigenvalue weighted by molar-refractivity contribution is 7.16. The van der Waals surface area contributed by atoms with Gasteiger partial charge in [0, 0.05) is 30.1 Å². The molecule has 1 atom stereocenters. The first kappa shape index (κ1) is 12.6. The summed E-state index contributed by atoms with van der Waals surface area (Å²) >= 11 is 7.50. The Hall–Kier alpha value is -0.880. The first-order valence-electron chi connectivity index (χ1n) is 5.30. The fourth-order valence-electron chi connectivity index (χ4n) is 1.88. The standard InChI is InChI=1S/C11H15ClN4S/c1-7-9(6-16(2)15-7)10(14-13)5-8-3-4-11(12)17-8/h3-4,6,10,14H,5,13H2,1-2H3. The van der Waals surface area contributed by atoms with Crippen LogP contribution in [0.5, 0.6) is 0 Å². The summed E-state index contributed by atoms with van der Waals surface area (Å²) in [5.74, 6) is 5.62. The zero-order valence-corrected chi connectivity index (χ0v) is 11.3. The quantitative estimate of drug-likeness (QED) is 0.661. The number of nitrogens with two attached hydrogens (primary N) is 1. The lowest BCUT2D eigenvalue weighted by atomic mass is 10.1. The van der Waals surface area contributed by atoms with E-state index in [2.05, 4.69) is 10.5 Å². The lowest BCUT2D eigenvalue weighted by molar-refractivity contribution is 0.553. The minimum absolute atomic E-state index is 0.0680. The minimum atomic E-state index is 0.0680. The first-order chi connectivity index (χ1) is 8.10. The van der Waals surface area contributed by atoms with Gasteiger partial charge in [0.05, 0.1) is 16.1 Å². The molecule has 3 N–H and O–H groups in total. The van der Waals surface area contributed by atoms with Crippen LogP contribution in [0.4, 0.5) is 0 Å². The van der Waals surface area contributed by atoms with E-state index in [1.807, 2.05) is 32.3 Å². The van der Waals surface area contributed by atoms with Gasteiger partial charge in [-0.05, 0) is 19.1 Å². The summed E-state index contributed by atoms with van der Waals surface area (Å²) < 4.78 is 2.61. The molecule has 0 aliphatic heterocycles. The summed E-state index contributed by atoms with van der Waals surface area (Å²) in [6.07, 6.45) is 2.81. The number of nitrogens with one attached hydrogen (secondary N) is 1. The molecule has 0 aliphatic rings. The smallest absolute Gasteiger partial charge is 0.0931 e. The van der Waals surface area contributed by atoms with E-state index in [0.717, 1.165) is 22.0 Å². The van der Waals surface area contributed by atoms with E-state index in [1.54, 1.807) is 16.0 Å². The Balaban J connectivity index is 2.19. The summed E-state index contributed by atoms with van der Waals surface area (Å²) in [5, 5.41) is 4.33. The van der Waals surface area contributed by atoms with Crippen molar-refractivity contribution in [3.8, 4) is 0 Å².